The number of aliphatic carboxylic acids is 1. The summed E-state index contributed by atoms with van der Waals surface area (Å²) in [5, 5.41) is 8.57. The van der Waals surface area contributed by atoms with E-state index in [0.29, 0.717) is 11.3 Å². The van der Waals surface area contributed by atoms with Gasteiger partial charge < -0.3 is 9.84 Å². The van der Waals surface area contributed by atoms with Gasteiger partial charge in [-0.05, 0) is 6.07 Å². The molecule has 5 heteroatoms. The third kappa shape index (κ3) is 4.26. The van der Waals surface area contributed by atoms with Gasteiger partial charge in [-0.3, -0.25) is 4.79 Å². The molecule has 0 aliphatic rings. The highest BCUT2D eigenvalue weighted by molar-refractivity contribution is 7.99. The van der Waals surface area contributed by atoms with Gasteiger partial charge in [0.25, 0.3) is 0 Å². The summed E-state index contributed by atoms with van der Waals surface area (Å²) in [5.74, 6) is -0.549. The largest absolute Gasteiger partial charge is 0.494 e. The molecule has 0 saturated carbocycles. The SMILES string of the molecule is COc1cccc(CSC(C)CC(=O)O)c1F. The molecular weight excluding hydrogens is 243 g/mol. The van der Waals surface area contributed by atoms with Crippen LogP contribution in [0.5, 0.6) is 5.75 Å². The highest BCUT2D eigenvalue weighted by atomic mass is 32.2. The van der Waals surface area contributed by atoms with E-state index in [1.54, 1.807) is 18.2 Å². The molecule has 94 valence electrons. The Morgan fingerprint density at radius 3 is 2.88 bits per heavy atom. The lowest BCUT2D eigenvalue weighted by Crippen LogP contribution is -2.06. The molecule has 0 aliphatic heterocycles. The second-order valence-electron chi connectivity index (χ2n) is 3.65. The Labute approximate surface area is 104 Å². The number of halogens is 1. The smallest absolute Gasteiger partial charge is 0.304 e. The van der Waals surface area contributed by atoms with Crippen LogP contribution in [-0.4, -0.2) is 23.4 Å². The van der Waals surface area contributed by atoms with E-state index in [1.165, 1.54) is 18.9 Å². The zero-order valence-electron chi connectivity index (χ0n) is 9.77. The fourth-order valence-electron chi connectivity index (χ4n) is 1.36. The number of ether oxygens (including phenoxy) is 1. The lowest BCUT2D eigenvalue weighted by molar-refractivity contribution is -0.136. The van der Waals surface area contributed by atoms with Crippen LogP contribution in [0, 0.1) is 5.82 Å². The van der Waals surface area contributed by atoms with Crippen molar-refractivity contribution in [3.8, 4) is 5.75 Å². The maximum atomic E-state index is 13.7. The van der Waals surface area contributed by atoms with Gasteiger partial charge in [-0.15, -0.1) is 0 Å². The van der Waals surface area contributed by atoms with Crippen LogP contribution in [0.2, 0.25) is 0 Å². The van der Waals surface area contributed by atoms with Gasteiger partial charge in [0.05, 0.1) is 13.5 Å². The first-order valence-electron chi connectivity index (χ1n) is 5.19. The number of thioether (sulfide) groups is 1. The topological polar surface area (TPSA) is 46.5 Å². The molecule has 1 N–H and O–H groups in total. The summed E-state index contributed by atoms with van der Waals surface area (Å²) in [6.45, 7) is 1.82. The van der Waals surface area contributed by atoms with Gasteiger partial charge in [0.1, 0.15) is 0 Å². The fourth-order valence-corrected chi connectivity index (χ4v) is 2.31. The summed E-state index contributed by atoms with van der Waals surface area (Å²) in [6, 6.07) is 4.96. The molecule has 0 radical (unpaired) electrons. The van der Waals surface area contributed by atoms with E-state index in [9.17, 15) is 9.18 Å². The molecule has 1 atom stereocenters. The van der Waals surface area contributed by atoms with Gasteiger partial charge in [-0.1, -0.05) is 19.1 Å². The Kier molecular flexibility index (Phi) is 5.28. The van der Waals surface area contributed by atoms with Crippen LogP contribution in [0.4, 0.5) is 4.39 Å². The molecule has 0 aliphatic carbocycles. The zero-order valence-corrected chi connectivity index (χ0v) is 10.6. The summed E-state index contributed by atoms with van der Waals surface area (Å²) < 4.78 is 18.6. The number of carboxylic acids is 1. The van der Waals surface area contributed by atoms with E-state index in [2.05, 4.69) is 0 Å². The van der Waals surface area contributed by atoms with Crippen LogP contribution in [0.15, 0.2) is 18.2 Å². The lowest BCUT2D eigenvalue weighted by atomic mass is 10.2. The molecule has 1 aromatic carbocycles. The van der Waals surface area contributed by atoms with Crippen molar-refractivity contribution in [2.75, 3.05) is 7.11 Å². The molecular formula is C12H15FO3S. The lowest BCUT2D eigenvalue weighted by Gasteiger charge is -2.10. The molecule has 0 fully saturated rings. The average molecular weight is 258 g/mol. The maximum absolute atomic E-state index is 13.7. The first-order valence-corrected chi connectivity index (χ1v) is 6.24. The van der Waals surface area contributed by atoms with Gasteiger partial charge >= 0.3 is 5.97 Å². The normalized spacial score (nSPS) is 12.2. The van der Waals surface area contributed by atoms with Gasteiger partial charge in [-0.25, -0.2) is 4.39 Å². The average Bonchev–Trinajstić information content (AvgIpc) is 2.27. The first-order chi connectivity index (χ1) is 8.04. The molecule has 0 heterocycles. The van der Waals surface area contributed by atoms with Gasteiger partial charge in [0.15, 0.2) is 11.6 Å². The predicted molar refractivity (Wildman–Crippen MR) is 66.0 cm³/mol. The highest BCUT2D eigenvalue weighted by Crippen LogP contribution is 2.26. The Morgan fingerprint density at radius 1 is 1.59 bits per heavy atom. The van der Waals surface area contributed by atoms with Crippen LogP contribution in [-0.2, 0) is 10.5 Å². The van der Waals surface area contributed by atoms with Crippen molar-refractivity contribution in [3.05, 3.63) is 29.6 Å². The van der Waals surface area contributed by atoms with E-state index in [0.717, 1.165) is 0 Å². The van der Waals surface area contributed by atoms with E-state index >= 15 is 0 Å². The van der Waals surface area contributed by atoms with Gasteiger partial charge in [0.2, 0.25) is 0 Å². The van der Waals surface area contributed by atoms with Crippen molar-refractivity contribution < 1.29 is 19.0 Å². The Balaban J connectivity index is 2.60. The van der Waals surface area contributed by atoms with Crippen molar-refractivity contribution >= 4 is 17.7 Å². The van der Waals surface area contributed by atoms with Crippen molar-refractivity contribution in [3.63, 3.8) is 0 Å². The third-order valence-corrected chi connectivity index (χ3v) is 3.46. The molecule has 1 rings (SSSR count). The van der Waals surface area contributed by atoms with Crippen molar-refractivity contribution in [2.24, 2.45) is 0 Å². The quantitative estimate of drug-likeness (QED) is 0.852. The summed E-state index contributed by atoms with van der Waals surface area (Å²) in [5.41, 5.74) is 0.534. The zero-order chi connectivity index (χ0) is 12.8. The number of carbonyl (C=O) groups is 1. The predicted octanol–water partition coefficient (Wildman–Crippen LogP) is 2.93. The summed E-state index contributed by atoms with van der Waals surface area (Å²) in [4.78, 5) is 10.5. The Bertz CT molecular complexity index is 395. The van der Waals surface area contributed by atoms with E-state index in [1.807, 2.05) is 6.92 Å². The Hall–Kier alpha value is -1.23. The number of benzene rings is 1. The number of carboxylic acid groups (broad SMARTS) is 1. The molecule has 0 bridgehead atoms. The number of hydrogen-bond acceptors (Lipinski definition) is 3. The Morgan fingerprint density at radius 2 is 2.29 bits per heavy atom. The number of hydrogen-bond donors (Lipinski definition) is 1. The van der Waals surface area contributed by atoms with Crippen molar-refractivity contribution in [1.29, 1.82) is 0 Å². The minimum Gasteiger partial charge on any atom is -0.494 e. The fraction of sp³-hybridized carbons (Fsp3) is 0.417. The van der Waals surface area contributed by atoms with Crippen LogP contribution in [0.3, 0.4) is 0 Å². The minimum atomic E-state index is -0.837. The summed E-state index contributed by atoms with van der Waals surface area (Å²) in [6.07, 6.45) is 0.0796. The van der Waals surface area contributed by atoms with Crippen LogP contribution < -0.4 is 4.74 Å². The van der Waals surface area contributed by atoms with Crippen LogP contribution in [0.25, 0.3) is 0 Å². The standard InChI is InChI=1S/C12H15FO3S/c1-8(6-11(14)15)17-7-9-4-3-5-10(16-2)12(9)13/h3-5,8H,6-7H2,1-2H3,(H,14,15). The maximum Gasteiger partial charge on any atom is 0.304 e. The van der Waals surface area contributed by atoms with E-state index in [-0.39, 0.29) is 23.2 Å². The molecule has 0 amide bonds. The van der Waals surface area contributed by atoms with E-state index in [4.69, 9.17) is 9.84 Å². The first kappa shape index (κ1) is 13.8. The number of rotatable bonds is 6. The number of methoxy groups -OCH3 is 1. The molecule has 0 spiro atoms. The molecule has 3 nitrogen and oxygen atoms in total. The summed E-state index contributed by atoms with van der Waals surface area (Å²) in [7, 11) is 1.42. The molecule has 1 unspecified atom stereocenters. The molecule has 17 heavy (non-hydrogen) atoms. The minimum absolute atomic E-state index is 0.0434. The van der Waals surface area contributed by atoms with Crippen LogP contribution >= 0.6 is 11.8 Å². The summed E-state index contributed by atoms with van der Waals surface area (Å²) >= 11 is 1.41. The van der Waals surface area contributed by atoms with Crippen molar-refractivity contribution in [2.45, 2.75) is 24.3 Å². The third-order valence-electron chi connectivity index (χ3n) is 2.25. The molecule has 0 aromatic heterocycles. The molecule has 1 aromatic rings. The monoisotopic (exact) mass is 258 g/mol. The van der Waals surface area contributed by atoms with Gasteiger partial charge in [0, 0.05) is 16.6 Å². The second kappa shape index (κ2) is 6.49. The van der Waals surface area contributed by atoms with Gasteiger partial charge in [-0.2, -0.15) is 11.8 Å². The van der Waals surface area contributed by atoms with Crippen molar-refractivity contribution in [1.82, 2.24) is 0 Å². The second-order valence-corrected chi connectivity index (χ2v) is 5.08. The van der Waals surface area contributed by atoms with E-state index < -0.39 is 5.97 Å². The van der Waals surface area contributed by atoms with Crippen LogP contribution in [0.1, 0.15) is 18.9 Å². The highest BCUT2D eigenvalue weighted by Gasteiger charge is 2.12. The molecule has 0 saturated heterocycles.